The summed E-state index contributed by atoms with van der Waals surface area (Å²) in [7, 11) is 0. The third-order valence-electron chi connectivity index (χ3n) is 5.21. The predicted octanol–water partition coefficient (Wildman–Crippen LogP) is 5.43. The van der Waals surface area contributed by atoms with Crippen molar-refractivity contribution in [3.8, 4) is 0 Å². The van der Waals surface area contributed by atoms with Crippen LogP contribution in [0.15, 0.2) is 48.7 Å². The van der Waals surface area contributed by atoms with Gasteiger partial charge in [0.05, 0.1) is 12.0 Å². The Morgan fingerprint density at radius 2 is 1.60 bits per heavy atom. The SMILES string of the molecule is O=C(NCC(F)(CC1(C(F)(F)F)CC1)c1ccc(C(F)(F)F)nc1)c1ccccc1. The molecule has 162 valence electrons. The predicted molar refractivity (Wildman–Crippen MR) is 93.1 cm³/mol. The van der Waals surface area contributed by atoms with Crippen LogP contribution in [0.5, 0.6) is 0 Å². The third-order valence-corrected chi connectivity index (χ3v) is 5.21. The highest BCUT2D eigenvalue weighted by atomic mass is 19.4. The lowest BCUT2D eigenvalue weighted by molar-refractivity contribution is -0.198. The zero-order valence-corrected chi connectivity index (χ0v) is 15.4. The van der Waals surface area contributed by atoms with Crippen molar-refractivity contribution < 1.29 is 35.5 Å². The Hall–Kier alpha value is -2.65. The van der Waals surface area contributed by atoms with Crippen LogP contribution in [-0.4, -0.2) is 23.6 Å². The summed E-state index contributed by atoms with van der Waals surface area (Å²) in [6.45, 7) is -0.842. The average Bonchev–Trinajstić information content (AvgIpc) is 3.47. The third kappa shape index (κ3) is 4.57. The van der Waals surface area contributed by atoms with E-state index in [2.05, 4.69) is 10.3 Å². The van der Waals surface area contributed by atoms with E-state index in [1.165, 1.54) is 12.1 Å². The molecule has 0 bridgehead atoms. The number of hydrogen-bond acceptors (Lipinski definition) is 2. The van der Waals surface area contributed by atoms with Gasteiger partial charge in [-0.15, -0.1) is 0 Å². The van der Waals surface area contributed by atoms with Gasteiger partial charge in [0.25, 0.3) is 5.91 Å². The summed E-state index contributed by atoms with van der Waals surface area (Å²) in [5.41, 5.74) is -6.61. The summed E-state index contributed by atoms with van der Waals surface area (Å²) < 4.78 is 94.3. The number of alkyl halides is 7. The first kappa shape index (κ1) is 22.0. The Labute approximate surface area is 167 Å². The summed E-state index contributed by atoms with van der Waals surface area (Å²) in [4.78, 5) is 15.4. The normalized spacial score (nSPS) is 17.8. The fraction of sp³-hybridized carbons (Fsp3) is 0.400. The van der Waals surface area contributed by atoms with E-state index in [-0.39, 0.29) is 18.4 Å². The van der Waals surface area contributed by atoms with Gasteiger partial charge in [0, 0.05) is 23.7 Å². The second kappa shape index (κ2) is 7.55. The molecule has 1 aliphatic rings. The molecular weight excluding hydrogens is 417 g/mol. The zero-order valence-electron chi connectivity index (χ0n) is 15.4. The first-order chi connectivity index (χ1) is 13.9. The number of nitrogens with one attached hydrogen (secondary N) is 1. The number of halogens is 7. The van der Waals surface area contributed by atoms with Crippen LogP contribution in [0, 0.1) is 5.41 Å². The van der Waals surface area contributed by atoms with Crippen molar-refractivity contribution in [1.29, 1.82) is 0 Å². The van der Waals surface area contributed by atoms with Crippen molar-refractivity contribution in [3.05, 3.63) is 65.5 Å². The minimum atomic E-state index is -4.78. The topological polar surface area (TPSA) is 42.0 Å². The lowest BCUT2D eigenvalue weighted by atomic mass is 9.84. The lowest BCUT2D eigenvalue weighted by Gasteiger charge is -2.31. The molecule has 1 amide bonds. The molecule has 3 rings (SSSR count). The Bertz CT molecular complexity index is 890. The molecule has 1 aliphatic carbocycles. The highest BCUT2D eigenvalue weighted by molar-refractivity contribution is 5.94. The molecule has 1 N–H and O–H groups in total. The number of amides is 1. The number of carbonyl (C=O) groups is 1. The van der Waals surface area contributed by atoms with Gasteiger partial charge in [-0.25, -0.2) is 4.39 Å². The number of nitrogens with zero attached hydrogens (tertiary/aromatic N) is 1. The molecule has 1 fully saturated rings. The van der Waals surface area contributed by atoms with Gasteiger partial charge in [-0.1, -0.05) is 24.3 Å². The number of benzene rings is 1. The maximum absolute atomic E-state index is 15.9. The monoisotopic (exact) mass is 434 g/mol. The summed E-state index contributed by atoms with van der Waals surface area (Å²) in [6, 6.07) is 8.90. The van der Waals surface area contributed by atoms with Crippen LogP contribution in [0.25, 0.3) is 0 Å². The van der Waals surface area contributed by atoms with Crippen LogP contribution in [0.4, 0.5) is 30.7 Å². The largest absolute Gasteiger partial charge is 0.433 e. The second-order valence-electron chi connectivity index (χ2n) is 7.40. The van der Waals surface area contributed by atoms with Crippen LogP contribution in [-0.2, 0) is 11.8 Å². The number of rotatable bonds is 6. The highest BCUT2D eigenvalue weighted by Crippen LogP contribution is 2.63. The summed E-state index contributed by atoms with van der Waals surface area (Å²) in [5.74, 6) is -0.714. The molecule has 1 unspecified atom stereocenters. The Morgan fingerprint density at radius 1 is 0.967 bits per heavy atom. The zero-order chi connectivity index (χ0) is 22.2. The lowest BCUT2D eigenvalue weighted by Crippen LogP contribution is -2.42. The van der Waals surface area contributed by atoms with E-state index in [0.717, 1.165) is 6.07 Å². The van der Waals surface area contributed by atoms with Gasteiger partial charge in [-0.3, -0.25) is 9.78 Å². The van der Waals surface area contributed by atoms with Crippen LogP contribution < -0.4 is 5.32 Å². The molecule has 1 aromatic carbocycles. The first-order valence-corrected chi connectivity index (χ1v) is 8.99. The van der Waals surface area contributed by atoms with Gasteiger partial charge in [-0.05, 0) is 31.0 Å². The number of pyridine rings is 1. The van der Waals surface area contributed by atoms with E-state index in [9.17, 15) is 31.1 Å². The van der Waals surface area contributed by atoms with Crippen molar-refractivity contribution >= 4 is 5.91 Å². The maximum Gasteiger partial charge on any atom is 0.433 e. The van der Waals surface area contributed by atoms with Crippen LogP contribution in [0.2, 0.25) is 0 Å². The van der Waals surface area contributed by atoms with E-state index in [4.69, 9.17) is 0 Å². The minimum Gasteiger partial charge on any atom is -0.348 e. The summed E-state index contributed by atoms with van der Waals surface area (Å²) >= 11 is 0. The fourth-order valence-corrected chi connectivity index (χ4v) is 3.25. The van der Waals surface area contributed by atoms with Crippen LogP contribution in [0.3, 0.4) is 0 Å². The molecule has 1 aromatic heterocycles. The molecule has 0 saturated heterocycles. The average molecular weight is 434 g/mol. The van der Waals surface area contributed by atoms with Gasteiger partial charge in [0.1, 0.15) is 5.69 Å². The molecule has 0 aliphatic heterocycles. The number of carbonyl (C=O) groups excluding carboxylic acids is 1. The molecule has 1 heterocycles. The molecule has 30 heavy (non-hydrogen) atoms. The van der Waals surface area contributed by atoms with E-state index in [0.29, 0.717) is 12.3 Å². The maximum atomic E-state index is 15.9. The standard InChI is InChI=1S/C20H17F7N2O/c21-18(11-17(8-9-17)20(25,26)27,12-29-16(30)13-4-2-1-3-5-13)14-6-7-15(28-10-14)19(22,23)24/h1-7,10H,8-9,11-12H2,(H,29,30). The van der Waals surface area contributed by atoms with Crippen molar-refractivity contribution in [2.45, 2.75) is 37.3 Å². The molecule has 1 saturated carbocycles. The van der Waals surface area contributed by atoms with Crippen molar-refractivity contribution in [1.82, 2.24) is 10.3 Å². The Kier molecular flexibility index (Phi) is 5.55. The first-order valence-electron chi connectivity index (χ1n) is 8.99. The summed E-state index contributed by atoms with van der Waals surface area (Å²) in [5, 5.41) is 2.25. The quantitative estimate of drug-likeness (QED) is 0.617. The van der Waals surface area contributed by atoms with Crippen molar-refractivity contribution in [2.24, 2.45) is 5.41 Å². The van der Waals surface area contributed by atoms with Gasteiger partial charge in [-0.2, -0.15) is 26.3 Å². The summed E-state index contributed by atoms with van der Waals surface area (Å²) in [6.07, 6.45) is -10.5. The molecule has 10 heteroatoms. The fourth-order valence-electron chi connectivity index (χ4n) is 3.25. The molecule has 3 nitrogen and oxygen atoms in total. The van der Waals surface area contributed by atoms with Crippen LogP contribution >= 0.6 is 0 Å². The number of hydrogen-bond donors (Lipinski definition) is 1. The van der Waals surface area contributed by atoms with Gasteiger partial charge < -0.3 is 5.32 Å². The minimum absolute atomic E-state index is 0.169. The van der Waals surface area contributed by atoms with E-state index in [1.54, 1.807) is 18.2 Å². The second-order valence-corrected chi connectivity index (χ2v) is 7.40. The van der Waals surface area contributed by atoms with Crippen LogP contribution in [0.1, 0.15) is 40.9 Å². The number of aromatic nitrogens is 1. The smallest absolute Gasteiger partial charge is 0.348 e. The molecular formula is C20H17F7N2O. The van der Waals surface area contributed by atoms with E-state index >= 15 is 4.39 Å². The van der Waals surface area contributed by atoms with E-state index in [1.807, 2.05) is 0 Å². The van der Waals surface area contributed by atoms with Gasteiger partial charge in [0.15, 0.2) is 5.67 Å². The van der Waals surface area contributed by atoms with Crippen molar-refractivity contribution in [3.63, 3.8) is 0 Å². The molecule has 0 radical (unpaired) electrons. The van der Waals surface area contributed by atoms with E-state index < -0.39 is 53.6 Å². The highest BCUT2D eigenvalue weighted by Gasteiger charge is 2.66. The van der Waals surface area contributed by atoms with Gasteiger partial charge in [0.2, 0.25) is 0 Å². The van der Waals surface area contributed by atoms with Crippen molar-refractivity contribution in [2.75, 3.05) is 6.54 Å². The Balaban J connectivity index is 1.88. The molecule has 2 aromatic rings. The molecule has 0 spiro atoms. The van der Waals surface area contributed by atoms with Gasteiger partial charge >= 0.3 is 12.4 Å². The Morgan fingerprint density at radius 3 is 2.07 bits per heavy atom. The molecule has 1 atom stereocenters.